The number of rotatable bonds is 9. The number of hydrogen-bond donors (Lipinski definition) is 11. The zero-order valence-electron chi connectivity index (χ0n) is 34.1. The second kappa shape index (κ2) is 16.8. The molecule has 3 aromatic rings. The van der Waals surface area contributed by atoms with E-state index in [2.05, 4.69) is 10.6 Å². The van der Waals surface area contributed by atoms with Gasteiger partial charge in [-0.15, -0.1) is 0 Å². The summed E-state index contributed by atoms with van der Waals surface area (Å²) in [5.41, 5.74) is -3.32. The summed E-state index contributed by atoms with van der Waals surface area (Å²) >= 11 is 0. The van der Waals surface area contributed by atoms with E-state index in [1.807, 2.05) is 0 Å². The summed E-state index contributed by atoms with van der Waals surface area (Å²) in [5, 5.41) is 105. The number of hydrogen-bond acceptors (Lipinski definition) is 19. The number of ether oxygens (including phenoxy) is 5. The Morgan fingerprint density at radius 2 is 1.50 bits per heavy atom. The first-order chi connectivity index (χ1) is 29.2. The minimum Gasteiger partial charge on any atom is -0.507 e. The Morgan fingerprint density at radius 1 is 0.855 bits per heavy atom. The third-order valence-corrected chi connectivity index (χ3v) is 11.7. The van der Waals surface area contributed by atoms with Crippen molar-refractivity contribution in [2.45, 2.75) is 94.3 Å². The van der Waals surface area contributed by atoms with E-state index in [1.54, 1.807) is 6.92 Å². The Kier molecular flexibility index (Phi) is 12.1. The van der Waals surface area contributed by atoms with E-state index < -0.39 is 149 Å². The number of aliphatic hydroxyl groups excluding tert-OH is 5. The van der Waals surface area contributed by atoms with E-state index >= 15 is 0 Å². The highest BCUT2D eigenvalue weighted by Crippen LogP contribution is 2.57. The molecule has 7 rings (SSSR count). The molecular weight excluding hydrogens is 822 g/mol. The minimum absolute atomic E-state index is 0.0156. The summed E-state index contributed by atoms with van der Waals surface area (Å²) in [5.74, 6) is -6.11. The van der Waals surface area contributed by atoms with Gasteiger partial charge < -0.3 is 75.2 Å². The number of aromatic hydroxyl groups is 3. The van der Waals surface area contributed by atoms with E-state index in [0.29, 0.717) is 0 Å². The van der Waals surface area contributed by atoms with Crippen LogP contribution in [-0.4, -0.2) is 164 Å². The van der Waals surface area contributed by atoms with Gasteiger partial charge >= 0.3 is 0 Å². The predicted octanol–water partition coefficient (Wildman–Crippen LogP) is -0.849. The Morgan fingerprint density at radius 3 is 2.15 bits per heavy atom. The number of phenols is 3. The second-order valence-electron chi connectivity index (χ2n) is 15.6. The molecule has 62 heavy (non-hydrogen) atoms. The summed E-state index contributed by atoms with van der Waals surface area (Å²) in [6.45, 7) is 3.86. The van der Waals surface area contributed by atoms with Crippen molar-refractivity contribution in [3.63, 3.8) is 0 Å². The number of aliphatic hydroxyl groups is 5. The number of likely N-dealkylation sites (N-methyl/N-ethyl adjacent to an activating group) is 2. The molecule has 0 aromatic heterocycles. The van der Waals surface area contributed by atoms with Crippen molar-refractivity contribution in [1.29, 1.82) is 0 Å². The van der Waals surface area contributed by atoms with Gasteiger partial charge in [0.05, 0.1) is 42.6 Å². The van der Waals surface area contributed by atoms with Crippen LogP contribution in [0.1, 0.15) is 84.9 Å². The first-order valence-electron chi connectivity index (χ1n) is 19.4. The molecule has 21 nitrogen and oxygen atoms in total. The van der Waals surface area contributed by atoms with Gasteiger partial charge in [-0.2, -0.15) is 0 Å². The van der Waals surface area contributed by atoms with E-state index in [9.17, 15) is 65.2 Å². The molecule has 0 bridgehead atoms. The molecule has 2 aliphatic carbocycles. The normalized spacial score (nSPS) is 29.5. The average molecular weight is 870 g/mol. The maximum atomic E-state index is 14.1. The molecule has 2 aliphatic heterocycles. The molecule has 21 heteroatoms. The number of ketones is 2. The summed E-state index contributed by atoms with van der Waals surface area (Å²) < 4.78 is 29.0. The van der Waals surface area contributed by atoms with Gasteiger partial charge in [-0.1, -0.05) is 6.07 Å². The highest BCUT2D eigenvalue weighted by atomic mass is 16.7. The molecule has 0 saturated carbocycles. The SMILES string of the molecule is CN[C@@H]1[C@H](O[C@@H]2OC[C@@H](O)[C@H](O)[C@H]2O)[C@H](O)[C@H](O[C@H]2c3cc(C)c(C(=O)NC(C)C(=O)N(C)O)c(O)c3-c3c(cc4c(c3O)C(=O)c3cc(OC)cc(O)c3C4=O)[C@@H]2O)O[C@@H]1C. The molecule has 0 spiro atoms. The van der Waals surface area contributed by atoms with Crippen molar-refractivity contribution in [3.05, 3.63) is 68.8 Å². The molecular formula is C41H47N3O18. The number of nitrogens with zero attached hydrogens (tertiary/aromatic N) is 1. The molecule has 2 amide bonds. The lowest BCUT2D eigenvalue weighted by Gasteiger charge is -2.47. The summed E-state index contributed by atoms with van der Waals surface area (Å²) in [7, 11) is 3.85. The number of hydroxylamine groups is 2. The largest absolute Gasteiger partial charge is 0.507 e. The fraction of sp³-hybridized carbons (Fsp3) is 0.463. The molecule has 0 radical (unpaired) electrons. The highest BCUT2D eigenvalue weighted by Gasteiger charge is 2.51. The summed E-state index contributed by atoms with van der Waals surface area (Å²) in [4.78, 5) is 54.5. The fourth-order valence-electron chi connectivity index (χ4n) is 8.58. The Hall–Kier alpha value is -5.30. The van der Waals surface area contributed by atoms with Crippen LogP contribution in [0.3, 0.4) is 0 Å². The smallest absolute Gasteiger partial charge is 0.267 e. The lowest BCUT2D eigenvalue weighted by atomic mass is 9.74. The van der Waals surface area contributed by atoms with Crippen LogP contribution in [0.4, 0.5) is 0 Å². The number of amides is 2. The van der Waals surface area contributed by atoms with E-state index in [4.69, 9.17) is 23.7 Å². The zero-order valence-corrected chi connectivity index (χ0v) is 34.1. The minimum atomic E-state index is -1.90. The fourth-order valence-corrected chi connectivity index (χ4v) is 8.58. The van der Waals surface area contributed by atoms with E-state index in [0.717, 1.165) is 19.2 Å². The Balaban J connectivity index is 1.37. The maximum Gasteiger partial charge on any atom is 0.267 e. The van der Waals surface area contributed by atoms with Crippen LogP contribution >= 0.6 is 0 Å². The Bertz CT molecular complexity index is 2340. The molecule has 11 N–H and O–H groups in total. The number of carbonyl (C=O) groups is 4. The third-order valence-electron chi connectivity index (χ3n) is 11.7. The molecule has 1 unspecified atom stereocenters. The molecule has 2 heterocycles. The maximum absolute atomic E-state index is 14.1. The predicted molar refractivity (Wildman–Crippen MR) is 208 cm³/mol. The quantitative estimate of drug-likeness (QED) is 0.0721. The van der Waals surface area contributed by atoms with E-state index in [1.165, 1.54) is 40.1 Å². The molecule has 2 fully saturated rings. The standard InChI is InChI=1S/C41H47N3O18/c1-12-7-19-25(32(51)22(12)38(55)43-13(2)39(56)44(5)57)24-17(10-18-26(33(24)52)29(48)16-8-15(58-6)9-20(45)23(16)28(18)47)30(49)36(19)61-41-35(54)37(27(42-4)14(3)60-41)62-40-34(53)31(50)21(46)11-59-40/h7-10,13-14,21,27,30-31,34-37,40-42,45-46,49-54,57H,11H2,1-6H3,(H,43,55)/t13?,14-,21-,27+,30+,31+,34-,35+,36+,37+,40+,41+/m1/s1. The molecule has 334 valence electrons. The topological polar surface area (TPSA) is 324 Å². The number of methoxy groups -OCH3 is 1. The van der Waals surface area contributed by atoms with Gasteiger partial charge in [0.25, 0.3) is 11.8 Å². The van der Waals surface area contributed by atoms with Crippen LogP contribution in [0.5, 0.6) is 23.0 Å². The van der Waals surface area contributed by atoms with Crippen LogP contribution < -0.4 is 15.4 Å². The van der Waals surface area contributed by atoms with Gasteiger partial charge in [-0.25, -0.2) is 5.06 Å². The van der Waals surface area contributed by atoms with Crippen molar-refractivity contribution < 1.29 is 88.9 Å². The van der Waals surface area contributed by atoms with Crippen molar-refractivity contribution in [2.24, 2.45) is 0 Å². The molecule has 12 atom stereocenters. The average Bonchev–Trinajstić information content (AvgIpc) is 3.22. The van der Waals surface area contributed by atoms with Crippen LogP contribution in [0.2, 0.25) is 0 Å². The number of fused-ring (bicyclic) bond motifs is 5. The summed E-state index contributed by atoms with van der Waals surface area (Å²) in [6, 6.07) is 2.57. The lowest BCUT2D eigenvalue weighted by Crippen LogP contribution is -2.65. The lowest BCUT2D eigenvalue weighted by molar-refractivity contribution is -0.339. The number of carbonyl (C=O) groups excluding carboxylic acids is 4. The molecule has 3 aromatic carbocycles. The van der Waals surface area contributed by atoms with Gasteiger partial charge in [-0.3, -0.25) is 24.4 Å². The van der Waals surface area contributed by atoms with Crippen molar-refractivity contribution in [2.75, 3.05) is 27.8 Å². The first-order valence-corrected chi connectivity index (χ1v) is 19.4. The number of benzene rings is 3. The van der Waals surface area contributed by atoms with Gasteiger partial charge in [-0.05, 0) is 56.6 Å². The third kappa shape index (κ3) is 7.23. The Labute approximate surface area is 352 Å². The number of phenolic OH excluding ortho intramolecular Hbond substituents is 3. The van der Waals surface area contributed by atoms with Crippen LogP contribution in [0.25, 0.3) is 11.1 Å². The second-order valence-corrected chi connectivity index (χ2v) is 15.6. The van der Waals surface area contributed by atoms with Gasteiger partial charge in [0.1, 0.15) is 71.8 Å². The number of nitrogens with one attached hydrogen (secondary N) is 2. The van der Waals surface area contributed by atoms with Gasteiger partial charge in [0, 0.05) is 35.4 Å². The van der Waals surface area contributed by atoms with Crippen LogP contribution in [-0.2, 0) is 23.7 Å². The first kappa shape index (κ1) is 44.7. The van der Waals surface area contributed by atoms with Crippen molar-refractivity contribution in [3.8, 4) is 34.1 Å². The molecule has 2 saturated heterocycles. The van der Waals surface area contributed by atoms with Crippen LogP contribution in [0.15, 0.2) is 24.3 Å². The van der Waals surface area contributed by atoms with Crippen molar-refractivity contribution >= 4 is 23.4 Å². The van der Waals surface area contributed by atoms with Gasteiger partial charge in [0.15, 0.2) is 24.1 Å². The van der Waals surface area contributed by atoms with Gasteiger partial charge in [0.2, 0.25) is 0 Å². The number of aryl methyl sites for hydroxylation is 1. The zero-order chi connectivity index (χ0) is 45.4. The van der Waals surface area contributed by atoms with Crippen LogP contribution in [0, 0.1) is 6.92 Å². The summed E-state index contributed by atoms with van der Waals surface area (Å²) in [6.07, 6.45) is -15.6. The highest BCUT2D eigenvalue weighted by molar-refractivity contribution is 6.31. The molecule has 4 aliphatic rings. The van der Waals surface area contributed by atoms with Crippen molar-refractivity contribution in [1.82, 2.24) is 15.7 Å². The monoisotopic (exact) mass is 869 g/mol. The van der Waals surface area contributed by atoms with E-state index in [-0.39, 0.29) is 38.6 Å².